The molecule has 1 aromatic carbocycles. The standard InChI is InChI=1S/C18H21F2N3O2/c1-10-8-13-16(11(2)25-10)21-23(4)17(13)18(24)22(3)9-12-6-5-7-14(19)15(12)20/h5-7,10-11H,8-9H2,1-4H3/t10-,11+/m1/s1. The lowest BCUT2D eigenvalue weighted by Gasteiger charge is -2.25. The van der Waals surface area contributed by atoms with Crippen LogP contribution in [0.2, 0.25) is 0 Å². The van der Waals surface area contributed by atoms with Gasteiger partial charge in [0.1, 0.15) is 5.69 Å². The number of hydrogen-bond donors (Lipinski definition) is 0. The summed E-state index contributed by atoms with van der Waals surface area (Å²) < 4.78 is 34.5. The minimum Gasteiger partial charge on any atom is -0.369 e. The molecule has 7 heteroatoms. The van der Waals surface area contributed by atoms with E-state index in [9.17, 15) is 13.6 Å². The van der Waals surface area contributed by atoms with Crippen LogP contribution in [0.25, 0.3) is 0 Å². The molecule has 134 valence electrons. The Kier molecular flexibility index (Phi) is 4.60. The van der Waals surface area contributed by atoms with Crippen LogP contribution < -0.4 is 0 Å². The fourth-order valence-electron chi connectivity index (χ4n) is 3.31. The summed E-state index contributed by atoms with van der Waals surface area (Å²) in [5.74, 6) is -2.12. The van der Waals surface area contributed by atoms with Gasteiger partial charge in [0.15, 0.2) is 11.6 Å². The third-order valence-electron chi connectivity index (χ3n) is 4.48. The molecule has 0 saturated carbocycles. The maximum Gasteiger partial charge on any atom is 0.272 e. The van der Waals surface area contributed by atoms with Crippen LogP contribution in [0.1, 0.15) is 47.3 Å². The van der Waals surface area contributed by atoms with Crippen LogP contribution in [0.4, 0.5) is 8.78 Å². The molecule has 0 saturated heterocycles. The first-order chi connectivity index (χ1) is 11.8. The summed E-state index contributed by atoms with van der Waals surface area (Å²) in [6.45, 7) is 3.83. The van der Waals surface area contributed by atoms with Crippen molar-refractivity contribution in [2.45, 2.75) is 39.0 Å². The maximum absolute atomic E-state index is 13.9. The Labute approximate surface area is 145 Å². The van der Waals surface area contributed by atoms with Gasteiger partial charge in [-0.3, -0.25) is 9.48 Å². The molecular formula is C18H21F2N3O2. The lowest BCUT2D eigenvalue weighted by Crippen LogP contribution is -2.30. The first-order valence-electron chi connectivity index (χ1n) is 8.19. The van der Waals surface area contributed by atoms with Crippen molar-refractivity contribution in [1.82, 2.24) is 14.7 Å². The van der Waals surface area contributed by atoms with Crippen LogP contribution in [0.5, 0.6) is 0 Å². The van der Waals surface area contributed by atoms with Gasteiger partial charge < -0.3 is 9.64 Å². The van der Waals surface area contributed by atoms with E-state index in [1.165, 1.54) is 17.0 Å². The van der Waals surface area contributed by atoms with Crippen molar-refractivity contribution >= 4 is 5.91 Å². The van der Waals surface area contributed by atoms with Gasteiger partial charge in [0.2, 0.25) is 0 Å². The number of benzene rings is 1. The topological polar surface area (TPSA) is 47.4 Å². The molecule has 0 unspecified atom stereocenters. The van der Waals surface area contributed by atoms with Gasteiger partial charge in [-0.25, -0.2) is 8.78 Å². The predicted octanol–water partition coefficient (Wildman–Crippen LogP) is 2.99. The highest BCUT2D eigenvalue weighted by Crippen LogP contribution is 2.31. The molecule has 1 aliphatic heterocycles. The number of halogens is 2. The van der Waals surface area contributed by atoms with Gasteiger partial charge in [0.05, 0.1) is 17.9 Å². The highest BCUT2D eigenvalue weighted by atomic mass is 19.2. The molecule has 2 aromatic rings. The van der Waals surface area contributed by atoms with E-state index in [0.717, 1.165) is 17.3 Å². The van der Waals surface area contributed by atoms with Crippen molar-refractivity contribution in [2.75, 3.05) is 7.05 Å². The molecule has 0 bridgehead atoms. The van der Waals surface area contributed by atoms with Crippen LogP contribution in [-0.2, 0) is 24.8 Å². The molecule has 5 nitrogen and oxygen atoms in total. The zero-order valence-electron chi connectivity index (χ0n) is 14.7. The summed E-state index contributed by atoms with van der Waals surface area (Å²) in [7, 11) is 3.28. The van der Waals surface area contributed by atoms with Gasteiger partial charge in [0, 0.05) is 38.2 Å². The van der Waals surface area contributed by atoms with Crippen LogP contribution >= 0.6 is 0 Å². The Hall–Kier alpha value is -2.28. The number of fused-ring (bicyclic) bond motifs is 1. The largest absolute Gasteiger partial charge is 0.369 e. The van der Waals surface area contributed by atoms with Gasteiger partial charge >= 0.3 is 0 Å². The van der Waals surface area contributed by atoms with E-state index in [1.54, 1.807) is 18.8 Å². The van der Waals surface area contributed by atoms with Crippen molar-refractivity contribution < 1.29 is 18.3 Å². The number of rotatable bonds is 3. The minimum absolute atomic E-state index is 0.00998. The second kappa shape index (κ2) is 6.55. The van der Waals surface area contributed by atoms with Gasteiger partial charge in [-0.2, -0.15) is 5.10 Å². The quantitative estimate of drug-likeness (QED) is 0.856. The fraction of sp³-hybridized carbons (Fsp3) is 0.444. The monoisotopic (exact) mass is 349 g/mol. The van der Waals surface area contributed by atoms with Gasteiger partial charge in [-0.1, -0.05) is 12.1 Å². The fourth-order valence-corrected chi connectivity index (χ4v) is 3.31. The molecule has 25 heavy (non-hydrogen) atoms. The minimum atomic E-state index is -0.926. The molecule has 1 aliphatic rings. The Bertz CT molecular complexity index is 819. The molecule has 1 aromatic heterocycles. The molecule has 0 aliphatic carbocycles. The van der Waals surface area contributed by atoms with Crippen molar-refractivity contribution in [3.8, 4) is 0 Å². The first-order valence-corrected chi connectivity index (χ1v) is 8.19. The molecule has 1 amide bonds. The van der Waals surface area contributed by atoms with E-state index in [0.29, 0.717) is 12.1 Å². The Morgan fingerprint density at radius 2 is 2.12 bits per heavy atom. The molecule has 0 fully saturated rings. The van der Waals surface area contributed by atoms with Gasteiger partial charge in [0.25, 0.3) is 5.91 Å². The zero-order valence-corrected chi connectivity index (χ0v) is 14.7. The molecule has 0 N–H and O–H groups in total. The van der Waals surface area contributed by atoms with E-state index in [4.69, 9.17) is 4.74 Å². The number of carbonyl (C=O) groups is 1. The summed E-state index contributed by atoms with van der Waals surface area (Å²) >= 11 is 0. The number of nitrogens with zero attached hydrogens (tertiary/aromatic N) is 3. The van der Waals surface area contributed by atoms with E-state index in [1.807, 2.05) is 13.8 Å². The number of amides is 1. The van der Waals surface area contributed by atoms with E-state index in [2.05, 4.69) is 5.10 Å². The van der Waals surface area contributed by atoms with Crippen LogP contribution in [0.15, 0.2) is 18.2 Å². The Morgan fingerprint density at radius 1 is 1.40 bits per heavy atom. The second-order valence-electron chi connectivity index (χ2n) is 6.50. The molecule has 2 heterocycles. The summed E-state index contributed by atoms with van der Waals surface area (Å²) in [5, 5.41) is 4.42. The van der Waals surface area contributed by atoms with E-state index in [-0.39, 0.29) is 30.2 Å². The smallest absolute Gasteiger partial charge is 0.272 e. The first kappa shape index (κ1) is 17.5. The number of carbonyl (C=O) groups excluding carboxylic acids is 1. The highest BCUT2D eigenvalue weighted by Gasteiger charge is 2.32. The number of ether oxygens (including phenoxy) is 1. The summed E-state index contributed by atoms with van der Waals surface area (Å²) in [4.78, 5) is 14.3. The molecule has 3 rings (SSSR count). The van der Waals surface area contributed by atoms with Crippen molar-refractivity contribution in [2.24, 2.45) is 7.05 Å². The second-order valence-corrected chi connectivity index (χ2v) is 6.50. The molecule has 0 spiro atoms. The summed E-state index contributed by atoms with van der Waals surface area (Å²) in [6, 6.07) is 3.96. The summed E-state index contributed by atoms with van der Waals surface area (Å²) in [6.07, 6.45) is 0.401. The molecular weight excluding hydrogens is 328 g/mol. The molecule has 2 atom stereocenters. The van der Waals surface area contributed by atoms with E-state index >= 15 is 0 Å². The third-order valence-corrected chi connectivity index (χ3v) is 4.48. The predicted molar refractivity (Wildman–Crippen MR) is 88.0 cm³/mol. The lowest BCUT2D eigenvalue weighted by atomic mass is 9.99. The van der Waals surface area contributed by atoms with Gasteiger partial charge in [-0.15, -0.1) is 0 Å². The average Bonchev–Trinajstić information content (AvgIpc) is 2.87. The van der Waals surface area contributed by atoms with Crippen molar-refractivity contribution in [3.63, 3.8) is 0 Å². The Morgan fingerprint density at radius 3 is 2.84 bits per heavy atom. The molecule has 0 radical (unpaired) electrons. The lowest BCUT2D eigenvalue weighted by molar-refractivity contribution is -0.00713. The number of hydrogen-bond acceptors (Lipinski definition) is 3. The average molecular weight is 349 g/mol. The number of aryl methyl sites for hydroxylation is 1. The summed E-state index contributed by atoms with van der Waals surface area (Å²) in [5.41, 5.74) is 2.23. The third kappa shape index (κ3) is 3.16. The van der Waals surface area contributed by atoms with Crippen molar-refractivity contribution in [3.05, 3.63) is 52.3 Å². The normalized spacial score (nSPS) is 19.6. The van der Waals surface area contributed by atoms with Crippen LogP contribution in [0, 0.1) is 11.6 Å². The SMILES string of the molecule is C[C@@H]1Cc2c(nn(C)c2C(=O)N(C)Cc2cccc(F)c2F)[C@H](C)O1. The van der Waals surface area contributed by atoms with Crippen LogP contribution in [0.3, 0.4) is 0 Å². The van der Waals surface area contributed by atoms with Crippen molar-refractivity contribution in [1.29, 1.82) is 0 Å². The number of aromatic nitrogens is 2. The Balaban J connectivity index is 1.90. The van der Waals surface area contributed by atoms with E-state index < -0.39 is 11.6 Å². The highest BCUT2D eigenvalue weighted by molar-refractivity contribution is 5.94. The van der Waals surface area contributed by atoms with Crippen LogP contribution in [-0.4, -0.2) is 33.7 Å². The maximum atomic E-state index is 13.9. The van der Waals surface area contributed by atoms with Gasteiger partial charge in [-0.05, 0) is 19.9 Å². The zero-order chi connectivity index (χ0) is 18.3.